The molecule has 1 heterocycles. The van der Waals surface area contributed by atoms with E-state index in [1.54, 1.807) is 48.5 Å². The highest BCUT2D eigenvalue weighted by Crippen LogP contribution is 2.24. The standard InChI is InChI=1S/C19H15BrN2O4/c1-2-26-15-9-7-14(8-10-15)22-18(24)16(17(23)21-19(22)25)11-12-3-5-13(20)6-4-12/h3-11H,2H2,1H3,(H,21,23,25). The highest BCUT2D eigenvalue weighted by molar-refractivity contribution is 9.10. The Balaban J connectivity index is 1.93. The molecular formula is C19H15BrN2O4. The predicted molar refractivity (Wildman–Crippen MR) is 101 cm³/mol. The Labute approximate surface area is 158 Å². The maximum Gasteiger partial charge on any atom is 0.335 e. The van der Waals surface area contributed by atoms with Crippen molar-refractivity contribution in [3.63, 3.8) is 0 Å². The maximum atomic E-state index is 12.8. The van der Waals surface area contributed by atoms with Crippen LogP contribution in [0, 0.1) is 0 Å². The van der Waals surface area contributed by atoms with Crippen LogP contribution in [0.4, 0.5) is 10.5 Å². The minimum Gasteiger partial charge on any atom is -0.494 e. The molecule has 1 aliphatic heterocycles. The number of barbiturate groups is 1. The van der Waals surface area contributed by atoms with Crippen molar-refractivity contribution in [3.05, 3.63) is 64.1 Å². The second-order valence-electron chi connectivity index (χ2n) is 5.44. The second kappa shape index (κ2) is 7.53. The number of imide groups is 2. The minimum atomic E-state index is -0.780. The lowest BCUT2D eigenvalue weighted by atomic mass is 10.1. The number of carbonyl (C=O) groups excluding carboxylic acids is 3. The number of anilines is 1. The van der Waals surface area contributed by atoms with E-state index in [1.807, 2.05) is 6.92 Å². The molecule has 0 unspecified atom stereocenters. The number of halogens is 1. The first-order valence-corrected chi connectivity index (χ1v) is 8.69. The van der Waals surface area contributed by atoms with Crippen molar-refractivity contribution in [1.29, 1.82) is 0 Å². The maximum absolute atomic E-state index is 12.8. The number of hydrogen-bond donors (Lipinski definition) is 1. The van der Waals surface area contributed by atoms with E-state index in [9.17, 15) is 14.4 Å². The SMILES string of the molecule is CCOc1ccc(N2C(=O)NC(=O)C(=Cc3ccc(Br)cc3)C2=O)cc1. The minimum absolute atomic E-state index is 0.110. The molecule has 1 aliphatic rings. The molecule has 0 atom stereocenters. The zero-order chi connectivity index (χ0) is 18.7. The van der Waals surface area contributed by atoms with Gasteiger partial charge in [0, 0.05) is 4.47 Å². The van der Waals surface area contributed by atoms with Crippen molar-refractivity contribution < 1.29 is 19.1 Å². The molecule has 6 nitrogen and oxygen atoms in total. The number of hydrogen-bond acceptors (Lipinski definition) is 4. The van der Waals surface area contributed by atoms with E-state index in [-0.39, 0.29) is 5.57 Å². The number of benzene rings is 2. The van der Waals surface area contributed by atoms with Gasteiger partial charge < -0.3 is 4.74 Å². The van der Waals surface area contributed by atoms with Crippen LogP contribution in [0.1, 0.15) is 12.5 Å². The van der Waals surface area contributed by atoms with Crippen LogP contribution in [-0.2, 0) is 9.59 Å². The molecule has 0 aliphatic carbocycles. The van der Waals surface area contributed by atoms with Gasteiger partial charge in [0.25, 0.3) is 11.8 Å². The van der Waals surface area contributed by atoms with Crippen molar-refractivity contribution in [2.75, 3.05) is 11.5 Å². The van der Waals surface area contributed by atoms with Crippen molar-refractivity contribution in [2.24, 2.45) is 0 Å². The van der Waals surface area contributed by atoms with E-state index >= 15 is 0 Å². The Hall–Kier alpha value is -2.93. The molecule has 2 aromatic rings. The molecule has 7 heteroatoms. The molecule has 3 rings (SSSR count). The molecule has 0 aromatic heterocycles. The summed E-state index contributed by atoms with van der Waals surface area (Å²) in [6.07, 6.45) is 1.46. The molecule has 0 bridgehead atoms. The van der Waals surface area contributed by atoms with Crippen LogP contribution >= 0.6 is 15.9 Å². The van der Waals surface area contributed by atoms with Crippen molar-refractivity contribution in [1.82, 2.24) is 5.32 Å². The van der Waals surface area contributed by atoms with Gasteiger partial charge in [0.15, 0.2) is 0 Å². The summed E-state index contributed by atoms with van der Waals surface area (Å²) in [5.74, 6) is -0.765. The largest absolute Gasteiger partial charge is 0.494 e. The van der Waals surface area contributed by atoms with Gasteiger partial charge in [-0.3, -0.25) is 14.9 Å². The topological polar surface area (TPSA) is 75.7 Å². The average Bonchev–Trinajstić information content (AvgIpc) is 2.62. The van der Waals surface area contributed by atoms with Gasteiger partial charge in [-0.05, 0) is 55.0 Å². The zero-order valence-corrected chi connectivity index (χ0v) is 15.4. The number of nitrogens with one attached hydrogen (secondary N) is 1. The van der Waals surface area contributed by atoms with Gasteiger partial charge in [-0.1, -0.05) is 28.1 Å². The number of amides is 4. The lowest BCUT2D eigenvalue weighted by molar-refractivity contribution is -0.122. The molecule has 1 N–H and O–H groups in total. The first-order chi connectivity index (χ1) is 12.5. The van der Waals surface area contributed by atoms with E-state index in [1.165, 1.54) is 6.08 Å². The molecule has 1 saturated heterocycles. The Kier molecular flexibility index (Phi) is 5.18. The summed E-state index contributed by atoms with van der Waals surface area (Å²) in [6.45, 7) is 2.37. The first kappa shape index (κ1) is 17.9. The molecule has 0 radical (unpaired) electrons. The summed E-state index contributed by atoms with van der Waals surface area (Å²) in [5, 5.41) is 2.20. The van der Waals surface area contributed by atoms with Gasteiger partial charge in [0.2, 0.25) is 0 Å². The Morgan fingerprint density at radius 2 is 1.69 bits per heavy atom. The number of carbonyl (C=O) groups is 3. The lowest BCUT2D eigenvalue weighted by Crippen LogP contribution is -2.54. The van der Waals surface area contributed by atoms with Crippen molar-refractivity contribution in [2.45, 2.75) is 6.92 Å². The molecule has 4 amide bonds. The monoisotopic (exact) mass is 414 g/mol. The zero-order valence-electron chi connectivity index (χ0n) is 13.9. The number of nitrogens with zero attached hydrogens (tertiary/aromatic N) is 1. The van der Waals surface area contributed by atoms with E-state index in [2.05, 4.69) is 21.2 Å². The quantitative estimate of drug-likeness (QED) is 0.613. The van der Waals surface area contributed by atoms with Gasteiger partial charge in [-0.2, -0.15) is 0 Å². The summed E-state index contributed by atoms with van der Waals surface area (Å²) in [4.78, 5) is 38.0. The third-order valence-electron chi connectivity index (χ3n) is 3.69. The summed E-state index contributed by atoms with van der Waals surface area (Å²) in [6, 6.07) is 12.8. The Bertz CT molecular complexity index is 889. The Morgan fingerprint density at radius 1 is 1.04 bits per heavy atom. The smallest absolute Gasteiger partial charge is 0.335 e. The molecule has 1 fully saturated rings. The predicted octanol–water partition coefficient (Wildman–Crippen LogP) is 3.51. The molecular weight excluding hydrogens is 400 g/mol. The van der Waals surface area contributed by atoms with Gasteiger partial charge in [0.05, 0.1) is 12.3 Å². The van der Waals surface area contributed by atoms with Crippen LogP contribution < -0.4 is 15.0 Å². The molecule has 0 spiro atoms. The lowest BCUT2D eigenvalue weighted by Gasteiger charge is -2.26. The van der Waals surface area contributed by atoms with E-state index in [0.717, 1.165) is 9.37 Å². The third-order valence-corrected chi connectivity index (χ3v) is 4.22. The summed E-state index contributed by atoms with van der Waals surface area (Å²) in [5.41, 5.74) is 0.915. The number of rotatable bonds is 4. The number of urea groups is 1. The highest BCUT2D eigenvalue weighted by Gasteiger charge is 2.36. The fourth-order valence-electron chi connectivity index (χ4n) is 2.48. The number of ether oxygens (including phenoxy) is 1. The molecule has 26 heavy (non-hydrogen) atoms. The normalized spacial score (nSPS) is 16.0. The molecule has 0 saturated carbocycles. The Morgan fingerprint density at radius 3 is 2.31 bits per heavy atom. The van der Waals surface area contributed by atoms with E-state index in [4.69, 9.17) is 4.74 Å². The van der Waals surface area contributed by atoms with E-state index < -0.39 is 17.8 Å². The van der Waals surface area contributed by atoms with Gasteiger partial charge in [-0.15, -0.1) is 0 Å². The third kappa shape index (κ3) is 3.67. The summed E-state index contributed by atoms with van der Waals surface area (Å²) in [7, 11) is 0. The van der Waals surface area contributed by atoms with Crippen molar-refractivity contribution >= 4 is 45.5 Å². The van der Waals surface area contributed by atoms with Gasteiger partial charge in [-0.25, -0.2) is 9.69 Å². The van der Waals surface area contributed by atoms with Gasteiger partial charge >= 0.3 is 6.03 Å². The average molecular weight is 415 g/mol. The molecule has 132 valence electrons. The molecule has 2 aromatic carbocycles. The van der Waals surface area contributed by atoms with E-state index in [0.29, 0.717) is 23.6 Å². The second-order valence-corrected chi connectivity index (χ2v) is 6.35. The van der Waals surface area contributed by atoms with Crippen LogP contribution in [0.5, 0.6) is 5.75 Å². The summed E-state index contributed by atoms with van der Waals surface area (Å²) >= 11 is 3.33. The van der Waals surface area contributed by atoms with Crippen LogP contribution in [0.2, 0.25) is 0 Å². The van der Waals surface area contributed by atoms with Crippen molar-refractivity contribution in [3.8, 4) is 5.75 Å². The van der Waals surface area contributed by atoms with Gasteiger partial charge in [0.1, 0.15) is 11.3 Å². The summed E-state index contributed by atoms with van der Waals surface area (Å²) < 4.78 is 6.24. The fourth-order valence-corrected chi connectivity index (χ4v) is 2.74. The van der Waals surface area contributed by atoms with Crippen LogP contribution in [0.3, 0.4) is 0 Å². The van der Waals surface area contributed by atoms with Crippen LogP contribution in [0.25, 0.3) is 6.08 Å². The first-order valence-electron chi connectivity index (χ1n) is 7.89. The fraction of sp³-hybridized carbons (Fsp3) is 0.105. The van der Waals surface area contributed by atoms with Crippen LogP contribution in [-0.4, -0.2) is 24.5 Å². The highest BCUT2D eigenvalue weighted by atomic mass is 79.9. The van der Waals surface area contributed by atoms with Crippen LogP contribution in [0.15, 0.2) is 58.6 Å².